The molecule has 21 heavy (non-hydrogen) atoms. The van der Waals surface area contributed by atoms with Crippen LogP contribution >= 0.6 is 23.2 Å². The van der Waals surface area contributed by atoms with Crippen LogP contribution in [0, 0.1) is 5.82 Å². The van der Waals surface area contributed by atoms with Gasteiger partial charge in [-0.15, -0.1) is 0 Å². The minimum absolute atomic E-state index is 0.115. The topological polar surface area (TPSA) is 29.9 Å². The smallest absolute Gasteiger partial charge is 0.142 e. The molecule has 1 atom stereocenters. The van der Waals surface area contributed by atoms with Crippen LogP contribution in [0.25, 0.3) is 0 Å². The molecular weight excluding hydrogens is 312 g/mol. The zero-order valence-corrected chi connectivity index (χ0v) is 13.5. The Morgan fingerprint density at radius 3 is 2.76 bits per heavy atom. The fourth-order valence-corrected chi connectivity index (χ4v) is 2.84. The number of aryl methyl sites for hydroxylation is 1. The van der Waals surface area contributed by atoms with E-state index in [-0.39, 0.29) is 11.1 Å². The van der Waals surface area contributed by atoms with E-state index in [0.717, 1.165) is 18.7 Å². The third-order valence-corrected chi connectivity index (χ3v) is 3.93. The van der Waals surface area contributed by atoms with Gasteiger partial charge in [0.1, 0.15) is 5.82 Å². The van der Waals surface area contributed by atoms with Crippen molar-refractivity contribution in [3.8, 4) is 0 Å². The van der Waals surface area contributed by atoms with Crippen molar-refractivity contribution in [3.63, 3.8) is 0 Å². The van der Waals surface area contributed by atoms with Gasteiger partial charge in [0.2, 0.25) is 0 Å². The second kappa shape index (κ2) is 7.25. The van der Waals surface area contributed by atoms with E-state index in [1.807, 2.05) is 11.6 Å². The number of rotatable bonds is 6. The van der Waals surface area contributed by atoms with Crippen molar-refractivity contribution in [1.82, 2.24) is 15.1 Å². The molecule has 0 spiro atoms. The van der Waals surface area contributed by atoms with Crippen LogP contribution in [0.5, 0.6) is 0 Å². The Labute approximate surface area is 134 Å². The monoisotopic (exact) mass is 329 g/mol. The Kier molecular flexibility index (Phi) is 5.62. The van der Waals surface area contributed by atoms with Crippen LogP contribution in [-0.2, 0) is 6.54 Å². The van der Waals surface area contributed by atoms with Gasteiger partial charge in [-0.25, -0.2) is 4.39 Å². The first-order chi connectivity index (χ1) is 10.1. The van der Waals surface area contributed by atoms with Crippen LogP contribution in [0.1, 0.15) is 37.6 Å². The number of aromatic nitrogens is 2. The van der Waals surface area contributed by atoms with Crippen molar-refractivity contribution in [2.24, 2.45) is 0 Å². The zero-order valence-electron chi connectivity index (χ0n) is 12.0. The number of nitrogens with zero attached hydrogens (tertiary/aromatic N) is 2. The summed E-state index contributed by atoms with van der Waals surface area (Å²) < 4.78 is 15.6. The highest BCUT2D eigenvalue weighted by Gasteiger charge is 2.24. The van der Waals surface area contributed by atoms with Gasteiger partial charge in [0, 0.05) is 6.54 Å². The second-order valence-electron chi connectivity index (χ2n) is 4.73. The maximum Gasteiger partial charge on any atom is 0.142 e. The molecule has 2 aromatic rings. The molecule has 0 aliphatic rings. The zero-order chi connectivity index (χ0) is 15.4. The molecule has 1 heterocycles. The summed E-state index contributed by atoms with van der Waals surface area (Å²) in [5.41, 5.74) is 1.48. The summed E-state index contributed by atoms with van der Waals surface area (Å²) in [6.45, 7) is 5.49. The van der Waals surface area contributed by atoms with E-state index >= 15 is 0 Å². The van der Waals surface area contributed by atoms with Crippen LogP contribution in [0.15, 0.2) is 24.4 Å². The summed E-state index contributed by atoms with van der Waals surface area (Å²) in [6, 6.07) is 4.51. The van der Waals surface area contributed by atoms with Gasteiger partial charge < -0.3 is 5.32 Å². The number of hydrogen-bond acceptors (Lipinski definition) is 2. The third kappa shape index (κ3) is 3.39. The fraction of sp³-hybridized carbons (Fsp3) is 0.400. The molecular formula is C15H18Cl2FN3. The Morgan fingerprint density at radius 1 is 1.33 bits per heavy atom. The van der Waals surface area contributed by atoms with Gasteiger partial charge in [0.25, 0.3) is 0 Å². The predicted molar refractivity (Wildman–Crippen MR) is 84.5 cm³/mol. The number of hydrogen-bond donors (Lipinski definition) is 1. The first-order valence-electron chi connectivity index (χ1n) is 6.98. The van der Waals surface area contributed by atoms with Crippen molar-refractivity contribution in [2.75, 3.05) is 6.54 Å². The molecule has 6 heteroatoms. The Morgan fingerprint density at radius 2 is 2.10 bits per heavy atom. The average Bonchev–Trinajstić information content (AvgIpc) is 2.81. The lowest BCUT2D eigenvalue weighted by atomic mass is 10.0. The van der Waals surface area contributed by atoms with Gasteiger partial charge in [-0.05, 0) is 24.6 Å². The van der Waals surface area contributed by atoms with Crippen LogP contribution in [-0.4, -0.2) is 16.3 Å². The number of nitrogens with one attached hydrogen (secondary N) is 1. The Balaban J connectivity index is 2.53. The van der Waals surface area contributed by atoms with Crippen molar-refractivity contribution in [3.05, 3.63) is 51.5 Å². The summed E-state index contributed by atoms with van der Waals surface area (Å²) in [4.78, 5) is 0. The van der Waals surface area contributed by atoms with Crippen molar-refractivity contribution >= 4 is 23.2 Å². The maximum absolute atomic E-state index is 13.8. The van der Waals surface area contributed by atoms with E-state index in [9.17, 15) is 4.39 Å². The first-order valence-corrected chi connectivity index (χ1v) is 7.74. The summed E-state index contributed by atoms with van der Waals surface area (Å²) >= 11 is 12.4. The van der Waals surface area contributed by atoms with Crippen molar-refractivity contribution in [1.29, 1.82) is 0 Å². The lowest BCUT2D eigenvalue weighted by Gasteiger charge is -2.21. The van der Waals surface area contributed by atoms with Gasteiger partial charge in [-0.3, -0.25) is 4.68 Å². The summed E-state index contributed by atoms with van der Waals surface area (Å²) in [7, 11) is 0. The van der Waals surface area contributed by atoms with Crippen LogP contribution < -0.4 is 5.32 Å². The normalized spacial score (nSPS) is 12.6. The molecule has 1 aromatic carbocycles. The minimum atomic E-state index is -0.435. The van der Waals surface area contributed by atoms with Crippen LogP contribution in [0.4, 0.5) is 4.39 Å². The molecule has 0 aliphatic heterocycles. The van der Waals surface area contributed by atoms with Crippen LogP contribution in [0.3, 0.4) is 0 Å². The van der Waals surface area contributed by atoms with Gasteiger partial charge in [-0.1, -0.05) is 49.2 Å². The molecule has 0 aliphatic carbocycles. The molecule has 1 unspecified atom stereocenters. The minimum Gasteiger partial charge on any atom is -0.305 e. The largest absolute Gasteiger partial charge is 0.305 e. The molecule has 2 rings (SSSR count). The van der Waals surface area contributed by atoms with Gasteiger partial charge >= 0.3 is 0 Å². The van der Waals surface area contributed by atoms with E-state index in [1.165, 1.54) is 6.07 Å². The molecule has 3 nitrogen and oxygen atoms in total. The van der Waals surface area contributed by atoms with E-state index < -0.39 is 5.82 Å². The molecule has 0 fully saturated rings. The van der Waals surface area contributed by atoms with Gasteiger partial charge in [0.05, 0.1) is 28.0 Å². The summed E-state index contributed by atoms with van der Waals surface area (Å²) in [6.07, 6.45) is 2.55. The molecule has 1 N–H and O–H groups in total. The molecule has 0 amide bonds. The highest BCUT2D eigenvalue weighted by atomic mass is 35.5. The predicted octanol–water partition coefficient (Wildman–Crippen LogP) is 4.44. The molecule has 0 bridgehead atoms. The lowest BCUT2D eigenvalue weighted by molar-refractivity contribution is 0.518. The molecule has 1 aromatic heterocycles. The summed E-state index contributed by atoms with van der Waals surface area (Å²) in [5.74, 6) is -0.435. The average molecular weight is 330 g/mol. The maximum atomic E-state index is 13.8. The SMILES string of the molecule is CCCn1ncc(Cl)c1C(NCC)c1cccc(F)c1Cl. The first kappa shape index (κ1) is 16.3. The number of benzene rings is 1. The highest BCUT2D eigenvalue weighted by Crippen LogP contribution is 2.33. The van der Waals surface area contributed by atoms with E-state index in [4.69, 9.17) is 23.2 Å². The highest BCUT2D eigenvalue weighted by molar-refractivity contribution is 6.32. The van der Waals surface area contributed by atoms with Gasteiger partial charge in [0.15, 0.2) is 0 Å². The summed E-state index contributed by atoms with van der Waals surface area (Å²) in [5, 5.41) is 8.27. The van der Waals surface area contributed by atoms with E-state index in [2.05, 4.69) is 17.3 Å². The quantitative estimate of drug-likeness (QED) is 0.849. The second-order valence-corrected chi connectivity index (χ2v) is 5.52. The van der Waals surface area contributed by atoms with Crippen molar-refractivity contribution < 1.29 is 4.39 Å². The fourth-order valence-electron chi connectivity index (χ4n) is 2.35. The van der Waals surface area contributed by atoms with Gasteiger partial charge in [-0.2, -0.15) is 5.10 Å². The Hall–Kier alpha value is -1.10. The standard InChI is InChI=1S/C15H18Cl2FN3/c1-3-8-21-15(11(16)9-20-21)14(19-4-2)10-6-5-7-12(18)13(10)17/h5-7,9,14,19H,3-4,8H2,1-2H3. The number of halogens is 3. The Bertz CT molecular complexity index is 613. The molecule has 0 radical (unpaired) electrons. The van der Waals surface area contributed by atoms with Crippen molar-refractivity contribution in [2.45, 2.75) is 32.9 Å². The molecule has 0 saturated heterocycles. The van der Waals surface area contributed by atoms with E-state index in [1.54, 1.807) is 18.3 Å². The van der Waals surface area contributed by atoms with Crippen LogP contribution in [0.2, 0.25) is 10.0 Å². The van der Waals surface area contributed by atoms with E-state index in [0.29, 0.717) is 17.1 Å². The lowest BCUT2D eigenvalue weighted by Crippen LogP contribution is -2.25. The third-order valence-electron chi connectivity index (χ3n) is 3.24. The molecule has 114 valence electrons. The molecule has 0 saturated carbocycles.